The lowest BCUT2D eigenvalue weighted by Gasteiger charge is -2.14. The first-order chi connectivity index (χ1) is 14.7. The summed E-state index contributed by atoms with van der Waals surface area (Å²) in [5.74, 6) is 2.90. The van der Waals surface area contributed by atoms with E-state index in [4.69, 9.17) is 18.3 Å². The Morgan fingerprint density at radius 1 is 0.700 bits per heavy atom. The van der Waals surface area contributed by atoms with Crippen LogP contribution in [0.3, 0.4) is 0 Å². The van der Waals surface area contributed by atoms with Crippen LogP contribution in [0, 0.1) is 0 Å². The minimum Gasteiger partial charge on any atom is -0.491 e. The molecule has 0 saturated carbocycles. The van der Waals surface area contributed by atoms with Crippen LogP contribution < -0.4 is 20.1 Å². The molecular formula is C22H28N2O6. The van der Waals surface area contributed by atoms with Crippen molar-refractivity contribution in [2.45, 2.75) is 25.3 Å². The molecule has 8 nitrogen and oxygen atoms in total. The van der Waals surface area contributed by atoms with Crippen molar-refractivity contribution in [1.82, 2.24) is 10.6 Å². The van der Waals surface area contributed by atoms with Crippen molar-refractivity contribution in [1.29, 1.82) is 0 Å². The fraction of sp³-hybridized carbons (Fsp3) is 0.364. The van der Waals surface area contributed by atoms with E-state index < -0.39 is 12.2 Å². The summed E-state index contributed by atoms with van der Waals surface area (Å²) in [5.41, 5.74) is 0. The molecule has 2 heterocycles. The predicted molar refractivity (Wildman–Crippen MR) is 110 cm³/mol. The molecule has 30 heavy (non-hydrogen) atoms. The molecule has 0 unspecified atom stereocenters. The Morgan fingerprint density at radius 3 is 1.50 bits per heavy atom. The molecule has 162 valence electrons. The topological polar surface area (TPSA) is 109 Å². The maximum absolute atomic E-state index is 9.99. The van der Waals surface area contributed by atoms with Crippen LogP contribution in [0.1, 0.15) is 11.5 Å². The van der Waals surface area contributed by atoms with Crippen LogP contribution in [0.2, 0.25) is 0 Å². The van der Waals surface area contributed by atoms with Gasteiger partial charge in [0.25, 0.3) is 0 Å². The number of benzene rings is 1. The summed E-state index contributed by atoms with van der Waals surface area (Å²) in [4.78, 5) is 0. The molecule has 8 heteroatoms. The van der Waals surface area contributed by atoms with Crippen molar-refractivity contribution in [2.24, 2.45) is 0 Å². The second kappa shape index (κ2) is 12.0. The van der Waals surface area contributed by atoms with Crippen molar-refractivity contribution >= 4 is 0 Å². The van der Waals surface area contributed by atoms with E-state index in [1.54, 1.807) is 36.8 Å². The molecule has 2 aromatic heterocycles. The van der Waals surface area contributed by atoms with Crippen LogP contribution in [0.15, 0.2) is 69.9 Å². The number of aliphatic hydroxyl groups is 2. The van der Waals surface area contributed by atoms with E-state index in [0.717, 1.165) is 11.5 Å². The minimum absolute atomic E-state index is 0.172. The predicted octanol–water partition coefficient (Wildman–Crippen LogP) is 1.93. The average molecular weight is 416 g/mol. The molecule has 3 aromatic rings. The molecule has 0 radical (unpaired) electrons. The van der Waals surface area contributed by atoms with Crippen molar-refractivity contribution in [3.05, 3.63) is 72.6 Å². The molecule has 0 aliphatic carbocycles. The standard InChI is InChI=1S/C22H28N2O6/c25-17(11-23-13-21-3-1-9-27-21)15-29-19-5-7-20(8-6-19)30-16-18(26)12-24-14-22-4-2-10-28-22/h1-10,17-18,23-26H,11-16H2/t17-,18-/m1/s1. The number of hydrogen-bond donors (Lipinski definition) is 4. The van der Waals surface area contributed by atoms with E-state index in [9.17, 15) is 10.2 Å². The Morgan fingerprint density at radius 2 is 1.13 bits per heavy atom. The van der Waals surface area contributed by atoms with Crippen LogP contribution in [0.5, 0.6) is 11.5 Å². The number of ether oxygens (including phenoxy) is 2. The highest BCUT2D eigenvalue weighted by atomic mass is 16.5. The van der Waals surface area contributed by atoms with Crippen molar-refractivity contribution in [3.63, 3.8) is 0 Å². The summed E-state index contributed by atoms with van der Waals surface area (Å²) >= 11 is 0. The highest BCUT2D eigenvalue weighted by Crippen LogP contribution is 2.18. The van der Waals surface area contributed by atoms with Crippen LogP contribution in [-0.4, -0.2) is 48.7 Å². The highest BCUT2D eigenvalue weighted by Gasteiger charge is 2.08. The molecule has 3 rings (SSSR count). The molecule has 2 atom stereocenters. The van der Waals surface area contributed by atoms with E-state index in [1.165, 1.54) is 0 Å². The zero-order chi connectivity index (χ0) is 21.0. The van der Waals surface area contributed by atoms with Crippen LogP contribution in [0.25, 0.3) is 0 Å². The van der Waals surface area contributed by atoms with Gasteiger partial charge in [0.05, 0.1) is 25.6 Å². The molecular weight excluding hydrogens is 388 g/mol. The van der Waals surface area contributed by atoms with Crippen LogP contribution in [0.4, 0.5) is 0 Å². The minimum atomic E-state index is -0.639. The Kier molecular flexibility index (Phi) is 8.80. The molecule has 0 saturated heterocycles. The first-order valence-corrected chi connectivity index (χ1v) is 9.87. The van der Waals surface area contributed by atoms with E-state index in [-0.39, 0.29) is 13.2 Å². The van der Waals surface area contributed by atoms with Crippen LogP contribution in [-0.2, 0) is 13.1 Å². The number of aliphatic hydroxyl groups excluding tert-OH is 2. The molecule has 0 bridgehead atoms. The summed E-state index contributed by atoms with van der Waals surface area (Å²) in [7, 11) is 0. The first kappa shape index (κ1) is 21.9. The molecule has 0 aliphatic heterocycles. The van der Waals surface area contributed by atoms with Gasteiger partial charge in [-0.2, -0.15) is 0 Å². The molecule has 0 fully saturated rings. The Labute approximate surface area is 175 Å². The quantitative estimate of drug-likeness (QED) is 0.316. The second-order valence-electron chi connectivity index (χ2n) is 6.82. The Hall–Kier alpha value is -2.78. The lowest BCUT2D eigenvalue weighted by molar-refractivity contribution is 0.104. The molecule has 0 spiro atoms. The number of hydrogen-bond acceptors (Lipinski definition) is 8. The SMILES string of the molecule is O[C@H](CNCc1ccco1)COc1ccc(OC[C@H](O)CNCc2ccco2)cc1. The smallest absolute Gasteiger partial charge is 0.119 e. The van der Waals surface area contributed by atoms with Crippen LogP contribution >= 0.6 is 0 Å². The van der Waals surface area contributed by atoms with Gasteiger partial charge >= 0.3 is 0 Å². The third kappa shape index (κ3) is 7.92. The van der Waals surface area contributed by atoms with Gasteiger partial charge in [0.2, 0.25) is 0 Å². The maximum atomic E-state index is 9.99. The Bertz CT molecular complexity index is 736. The second-order valence-corrected chi connectivity index (χ2v) is 6.82. The number of nitrogens with one attached hydrogen (secondary N) is 2. The summed E-state index contributed by atoms with van der Waals surface area (Å²) in [6.07, 6.45) is 1.95. The summed E-state index contributed by atoms with van der Waals surface area (Å²) in [6, 6.07) is 14.4. The molecule has 4 N–H and O–H groups in total. The van der Waals surface area contributed by atoms with Gasteiger partial charge in [0, 0.05) is 13.1 Å². The van der Waals surface area contributed by atoms with Gasteiger partial charge in [-0.25, -0.2) is 0 Å². The van der Waals surface area contributed by atoms with Gasteiger partial charge in [-0.05, 0) is 48.5 Å². The van der Waals surface area contributed by atoms with Gasteiger partial charge in [0.1, 0.15) is 48.4 Å². The van der Waals surface area contributed by atoms with Gasteiger partial charge in [0.15, 0.2) is 0 Å². The fourth-order valence-electron chi connectivity index (χ4n) is 2.69. The zero-order valence-electron chi connectivity index (χ0n) is 16.7. The maximum Gasteiger partial charge on any atom is 0.119 e. The average Bonchev–Trinajstić information content (AvgIpc) is 3.46. The number of furan rings is 2. The highest BCUT2D eigenvalue weighted by molar-refractivity contribution is 5.31. The summed E-state index contributed by atoms with van der Waals surface area (Å²) in [6.45, 7) is 2.25. The third-order valence-corrected chi connectivity index (χ3v) is 4.23. The van der Waals surface area contributed by atoms with Crippen molar-refractivity contribution in [2.75, 3.05) is 26.3 Å². The van der Waals surface area contributed by atoms with E-state index >= 15 is 0 Å². The van der Waals surface area contributed by atoms with E-state index in [0.29, 0.717) is 37.7 Å². The fourth-order valence-corrected chi connectivity index (χ4v) is 2.69. The molecule has 0 aliphatic rings. The van der Waals surface area contributed by atoms with E-state index in [2.05, 4.69) is 10.6 Å². The summed E-state index contributed by atoms with van der Waals surface area (Å²) in [5, 5.41) is 26.2. The largest absolute Gasteiger partial charge is 0.491 e. The van der Waals surface area contributed by atoms with Gasteiger partial charge in [-0.15, -0.1) is 0 Å². The zero-order valence-corrected chi connectivity index (χ0v) is 16.7. The van der Waals surface area contributed by atoms with Gasteiger partial charge in [-0.3, -0.25) is 0 Å². The molecule has 0 amide bonds. The monoisotopic (exact) mass is 416 g/mol. The Balaban J connectivity index is 1.27. The normalized spacial score (nSPS) is 13.1. The lowest BCUT2D eigenvalue weighted by Crippen LogP contribution is -2.31. The van der Waals surface area contributed by atoms with Gasteiger partial charge in [-0.1, -0.05) is 0 Å². The van der Waals surface area contributed by atoms with E-state index in [1.807, 2.05) is 24.3 Å². The first-order valence-electron chi connectivity index (χ1n) is 9.87. The third-order valence-electron chi connectivity index (χ3n) is 4.23. The van der Waals surface area contributed by atoms with Crippen molar-refractivity contribution in [3.8, 4) is 11.5 Å². The van der Waals surface area contributed by atoms with Gasteiger partial charge < -0.3 is 39.2 Å². The summed E-state index contributed by atoms with van der Waals surface area (Å²) < 4.78 is 21.6. The van der Waals surface area contributed by atoms with Crippen molar-refractivity contribution < 1.29 is 28.5 Å². The lowest BCUT2D eigenvalue weighted by atomic mass is 10.3. The number of rotatable bonds is 14. The molecule has 1 aromatic carbocycles.